The zero-order valence-electron chi connectivity index (χ0n) is 19.1. The number of anilines is 1. The minimum absolute atomic E-state index is 0.143. The number of rotatable bonds is 5. The van der Waals surface area contributed by atoms with E-state index in [0.29, 0.717) is 33.5 Å². The van der Waals surface area contributed by atoms with Gasteiger partial charge in [-0.05, 0) is 43.7 Å². The molecule has 0 saturated heterocycles. The van der Waals surface area contributed by atoms with Gasteiger partial charge in [0.25, 0.3) is 0 Å². The van der Waals surface area contributed by atoms with Crippen LogP contribution in [0.15, 0.2) is 65.5 Å². The number of para-hydroxylation sites is 1. The molecule has 0 radical (unpaired) electrons. The van der Waals surface area contributed by atoms with Crippen molar-refractivity contribution in [2.24, 2.45) is 0 Å². The topological polar surface area (TPSA) is 101 Å². The van der Waals surface area contributed by atoms with Crippen LogP contribution in [0.3, 0.4) is 0 Å². The lowest BCUT2D eigenvalue weighted by Gasteiger charge is -2.18. The Hall–Kier alpha value is -4.47. The van der Waals surface area contributed by atoms with Gasteiger partial charge in [0, 0.05) is 46.4 Å². The summed E-state index contributed by atoms with van der Waals surface area (Å²) in [6.45, 7) is 3.81. The molecule has 2 aromatic carbocycles. The molecule has 0 fully saturated rings. The highest BCUT2D eigenvalue weighted by molar-refractivity contribution is 6.08. The van der Waals surface area contributed by atoms with Gasteiger partial charge in [-0.2, -0.15) is 13.2 Å². The fourth-order valence-corrected chi connectivity index (χ4v) is 4.21. The van der Waals surface area contributed by atoms with E-state index >= 15 is 0 Å². The van der Waals surface area contributed by atoms with Crippen molar-refractivity contribution in [2.45, 2.75) is 26.1 Å². The summed E-state index contributed by atoms with van der Waals surface area (Å²) in [5.74, 6) is -2.27. The number of benzene rings is 2. The molecule has 3 aromatic heterocycles. The van der Waals surface area contributed by atoms with Crippen molar-refractivity contribution in [1.29, 1.82) is 0 Å². The Bertz CT molecular complexity index is 1610. The van der Waals surface area contributed by atoms with Gasteiger partial charge < -0.3 is 14.8 Å². The van der Waals surface area contributed by atoms with Crippen LogP contribution in [0.1, 0.15) is 40.3 Å². The van der Waals surface area contributed by atoms with E-state index in [2.05, 4.69) is 20.3 Å². The molecule has 0 spiro atoms. The van der Waals surface area contributed by atoms with Gasteiger partial charge in [-0.1, -0.05) is 18.2 Å². The average Bonchev–Trinajstić information content (AvgIpc) is 3.22. The Morgan fingerprint density at radius 3 is 2.47 bits per heavy atom. The molecule has 5 aromatic rings. The number of furan rings is 1. The molecule has 0 aliphatic carbocycles. The van der Waals surface area contributed by atoms with Crippen LogP contribution in [-0.4, -0.2) is 26.0 Å². The van der Waals surface area contributed by atoms with E-state index in [1.807, 2.05) is 26.0 Å². The number of hydrogen-bond donors (Lipinski definition) is 2. The minimum Gasteiger partial charge on any atom is -0.478 e. The van der Waals surface area contributed by atoms with E-state index in [1.54, 1.807) is 30.5 Å². The van der Waals surface area contributed by atoms with Crippen LogP contribution >= 0.6 is 0 Å². The Balaban J connectivity index is 1.63. The summed E-state index contributed by atoms with van der Waals surface area (Å²) in [4.78, 5) is 23.0. The molecule has 182 valence electrons. The third kappa shape index (κ3) is 4.10. The predicted octanol–water partition coefficient (Wildman–Crippen LogP) is 6.64. The maximum absolute atomic E-state index is 12.9. The highest BCUT2D eigenvalue weighted by Gasteiger charge is 2.34. The van der Waals surface area contributed by atoms with Crippen molar-refractivity contribution in [1.82, 2.24) is 15.0 Å². The van der Waals surface area contributed by atoms with Gasteiger partial charge in [0.1, 0.15) is 11.1 Å². The van der Waals surface area contributed by atoms with E-state index in [-0.39, 0.29) is 11.6 Å². The number of nitrogens with zero attached hydrogens (tertiary/aromatic N) is 3. The van der Waals surface area contributed by atoms with Crippen LogP contribution in [0, 0.1) is 6.92 Å². The van der Waals surface area contributed by atoms with E-state index < -0.39 is 18.0 Å². The lowest BCUT2D eigenvalue weighted by atomic mass is 10.0. The fourth-order valence-electron chi connectivity index (χ4n) is 4.21. The molecule has 5 rings (SSSR count). The Morgan fingerprint density at radius 2 is 1.78 bits per heavy atom. The highest BCUT2D eigenvalue weighted by Crippen LogP contribution is 2.39. The number of aromatic carboxylic acids is 1. The summed E-state index contributed by atoms with van der Waals surface area (Å²) in [6, 6.07) is 11.8. The molecule has 10 heteroatoms. The number of aromatic nitrogens is 3. The molecule has 1 atom stereocenters. The maximum Gasteiger partial charge on any atom is 0.451 e. The molecule has 7 nitrogen and oxygen atoms in total. The van der Waals surface area contributed by atoms with Gasteiger partial charge in [-0.15, -0.1) is 0 Å². The third-order valence-corrected chi connectivity index (χ3v) is 5.84. The van der Waals surface area contributed by atoms with Crippen LogP contribution in [0.25, 0.3) is 33.2 Å². The number of carboxylic acids is 1. The van der Waals surface area contributed by atoms with Crippen LogP contribution in [0.4, 0.5) is 18.9 Å². The minimum atomic E-state index is -4.64. The highest BCUT2D eigenvalue weighted by atomic mass is 19.4. The monoisotopic (exact) mass is 492 g/mol. The predicted molar refractivity (Wildman–Crippen MR) is 128 cm³/mol. The van der Waals surface area contributed by atoms with Gasteiger partial charge in [-0.25, -0.2) is 14.8 Å². The lowest BCUT2D eigenvalue weighted by Crippen LogP contribution is -2.11. The zero-order chi connectivity index (χ0) is 25.6. The van der Waals surface area contributed by atoms with Crippen molar-refractivity contribution in [3.63, 3.8) is 0 Å². The summed E-state index contributed by atoms with van der Waals surface area (Å²) in [6.07, 6.45) is -0.870. The quantitative estimate of drug-likeness (QED) is 0.284. The summed E-state index contributed by atoms with van der Waals surface area (Å²) in [7, 11) is 0. The van der Waals surface area contributed by atoms with Crippen molar-refractivity contribution >= 4 is 33.7 Å². The largest absolute Gasteiger partial charge is 0.478 e. The second-order valence-corrected chi connectivity index (χ2v) is 8.38. The van der Waals surface area contributed by atoms with E-state index in [1.165, 1.54) is 6.07 Å². The first-order chi connectivity index (χ1) is 17.1. The molecule has 0 aliphatic rings. The van der Waals surface area contributed by atoms with Crippen LogP contribution in [0.2, 0.25) is 0 Å². The number of aryl methyl sites for hydroxylation is 1. The summed E-state index contributed by atoms with van der Waals surface area (Å²) in [5.41, 5.74) is 4.65. The molecule has 0 aliphatic heterocycles. The molecule has 3 heterocycles. The number of carbonyl (C=O) groups is 1. The van der Waals surface area contributed by atoms with Gasteiger partial charge in [0.05, 0.1) is 11.6 Å². The normalized spacial score (nSPS) is 12.7. The van der Waals surface area contributed by atoms with E-state index in [4.69, 9.17) is 4.42 Å². The van der Waals surface area contributed by atoms with Gasteiger partial charge in [-0.3, -0.25) is 4.98 Å². The maximum atomic E-state index is 12.9. The molecule has 0 amide bonds. The molecular weight excluding hydrogens is 473 g/mol. The van der Waals surface area contributed by atoms with Crippen LogP contribution in [0.5, 0.6) is 0 Å². The number of carboxylic acid groups (broad SMARTS) is 1. The lowest BCUT2D eigenvalue weighted by molar-refractivity contribution is -0.144. The SMILES string of the molecule is Cc1cc([C@@H](C)Nc2ccccc2C(=O)O)c2oc3c(-c4cnc(C(F)(F)F)nc4)ccnc3c2c1. The first-order valence-electron chi connectivity index (χ1n) is 10.9. The second-order valence-electron chi connectivity index (χ2n) is 8.38. The summed E-state index contributed by atoms with van der Waals surface area (Å²) in [5, 5.41) is 13.5. The fraction of sp³-hybridized carbons (Fsp3) is 0.154. The molecule has 0 unspecified atom stereocenters. The Morgan fingerprint density at radius 1 is 1.06 bits per heavy atom. The summed E-state index contributed by atoms with van der Waals surface area (Å²) < 4.78 is 45.0. The van der Waals surface area contributed by atoms with Crippen LogP contribution < -0.4 is 5.32 Å². The Kier molecular flexibility index (Phi) is 5.58. The first kappa shape index (κ1) is 23.3. The average molecular weight is 492 g/mol. The molecule has 2 N–H and O–H groups in total. The number of fused-ring (bicyclic) bond motifs is 3. The van der Waals surface area contributed by atoms with Gasteiger partial charge in [0.2, 0.25) is 5.82 Å². The molecule has 0 saturated carbocycles. The van der Waals surface area contributed by atoms with Crippen LogP contribution in [-0.2, 0) is 6.18 Å². The van der Waals surface area contributed by atoms with E-state index in [9.17, 15) is 23.1 Å². The smallest absolute Gasteiger partial charge is 0.451 e. The number of pyridine rings is 1. The van der Waals surface area contributed by atoms with Crippen molar-refractivity contribution < 1.29 is 27.5 Å². The van der Waals surface area contributed by atoms with E-state index in [0.717, 1.165) is 28.9 Å². The number of hydrogen-bond acceptors (Lipinski definition) is 6. The van der Waals surface area contributed by atoms with Gasteiger partial charge >= 0.3 is 12.1 Å². The molecule has 36 heavy (non-hydrogen) atoms. The number of alkyl halides is 3. The van der Waals surface area contributed by atoms with Crippen molar-refractivity contribution in [2.75, 3.05) is 5.32 Å². The molecule has 0 bridgehead atoms. The number of halogens is 3. The molecular formula is C26H19F3N4O3. The van der Waals surface area contributed by atoms with Crippen molar-refractivity contribution in [3.05, 3.63) is 83.6 Å². The Labute approximate surface area is 202 Å². The van der Waals surface area contributed by atoms with Gasteiger partial charge in [0.15, 0.2) is 5.58 Å². The second kappa shape index (κ2) is 8.63. The first-order valence-corrected chi connectivity index (χ1v) is 10.9. The standard InChI is InChI=1S/C26H19F3N4O3/c1-13-9-18(14(2)33-20-6-4-3-5-17(20)24(34)35)22-19(10-13)21-23(36-22)16(7-8-30-21)15-11-31-25(32-12-15)26(27,28)29/h3-12,14,33H,1-2H3,(H,34,35)/t14-/m1/s1. The number of nitrogens with one attached hydrogen (secondary N) is 1. The third-order valence-electron chi connectivity index (χ3n) is 5.84. The zero-order valence-corrected chi connectivity index (χ0v) is 19.1. The summed E-state index contributed by atoms with van der Waals surface area (Å²) >= 11 is 0. The van der Waals surface area contributed by atoms with Crippen molar-refractivity contribution in [3.8, 4) is 11.1 Å².